The second-order valence-electron chi connectivity index (χ2n) is 21.4. The van der Waals surface area contributed by atoms with E-state index in [-0.39, 0.29) is 0 Å². The number of hydrogen-bond acceptors (Lipinski definition) is 2. The van der Waals surface area contributed by atoms with Crippen molar-refractivity contribution in [1.29, 1.82) is 0 Å². The smallest absolute Gasteiger partial charge is 0.0619 e. The van der Waals surface area contributed by atoms with Crippen LogP contribution >= 0.6 is 0 Å². The molecule has 0 saturated heterocycles. The number of aryl methyl sites for hydroxylation is 13. The molecule has 0 heterocycles. The van der Waals surface area contributed by atoms with E-state index in [9.17, 15) is 0 Å². The third-order valence-corrected chi connectivity index (χ3v) is 15.3. The van der Waals surface area contributed by atoms with Gasteiger partial charge in [-0.1, -0.05) is 180 Å². The van der Waals surface area contributed by atoms with Gasteiger partial charge in [-0.2, -0.15) is 0 Å². The minimum Gasteiger partial charge on any atom is -0.308 e. The van der Waals surface area contributed by atoms with Crippen molar-refractivity contribution < 1.29 is 0 Å². The van der Waals surface area contributed by atoms with E-state index < -0.39 is 0 Å². The molecule has 0 N–H and O–H groups in total. The van der Waals surface area contributed by atoms with Crippen molar-refractivity contribution in [2.45, 2.75) is 90.0 Å². The molecule has 0 spiro atoms. The largest absolute Gasteiger partial charge is 0.308 e. The lowest BCUT2D eigenvalue weighted by atomic mass is 9.85. The number of hydrogen-bond donors (Lipinski definition) is 0. The van der Waals surface area contributed by atoms with Gasteiger partial charge in [0, 0.05) is 21.5 Å². The topological polar surface area (TPSA) is 6.48 Å². The molecule has 0 radical (unpaired) electrons. The molecule has 2 nitrogen and oxygen atoms in total. The summed E-state index contributed by atoms with van der Waals surface area (Å²) < 4.78 is 0. The molecule has 0 aliphatic carbocycles. The van der Waals surface area contributed by atoms with E-state index in [4.69, 9.17) is 0 Å². The van der Waals surface area contributed by atoms with Crippen LogP contribution in [0, 0.1) is 90.0 Å². The van der Waals surface area contributed by atoms with Gasteiger partial charge >= 0.3 is 0 Å². The average Bonchev–Trinajstić information content (AvgIpc) is 3.32. The maximum Gasteiger partial charge on any atom is 0.0619 e. The van der Waals surface area contributed by atoms with Crippen LogP contribution in [-0.2, 0) is 0 Å². The van der Waals surface area contributed by atoms with Crippen molar-refractivity contribution in [2.24, 2.45) is 0 Å². The highest BCUT2D eigenvalue weighted by molar-refractivity contribution is 6.25. The van der Waals surface area contributed by atoms with Crippen molar-refractivity contribution in [2.75, 3.05) is 9.80 Å². The molecule has 2 heteroatoms. The first-order valence-corrected chi connectivity index (χ1v) is 26.0. The zero-order valence-electron chi connectivity index (χ0n) is 45.0. The molecule has 0 aliphatic heterocycles. The van der Waals surface area contributed by atoms with E-state index in [1.807, 2.05) is 0 Å². The van der Waals surface area contributed by atoms with Crippen LogP contribution in [0.1, 0.15) is 72.3 Å². The molecule has 11 aromatic rings. The second kappa shape index (κ2) is 18.3. The van der Waals surface area contributed by atoms with Crippen LogP contribution in [-0.4, -0.2) is 0 Å². The first-order chi connectivity index (χ1) is 35.1. The lowest BCUT2D eigenvalue weighted by Crippen LogP contribution is -2.17. The number of nitrogens with zero attached hydrogens (tertiary/aromatic N) is 2. The molecule has 11 rings (SSSR count). The zero-order chi connectivity index (χ0) is 51.1. The van der Waals surface area contributed by atoms with Crippen molar-refractivity contribution in [3.8, 4) is 22.3 Å². The van der Waals surface area contributed by atoms with Crippen LogP contribution in [0.5, 0.6) is 0 Å². The standard InChI is InChI=1S/C71H66N2/c1-41-30-46(6)66(47(7)31-41)72(67-48(8)32-42(2)33-49(67)9)70-60-26-18-14-22-56(60)64(57-23-15-19-27-61(57)70)54-38-45(5)39-55(40-54)65-58-24-16-20-28-62(58)71(63-29-21-17-25-59(63)65)73(68-50(10)34-43(3)35-51(68)11)69-52(12)36-44(4)37-53(69)13/h14-40H,1-13H3. The monoisotopic (exact) mass is 947 g/mol. The Bertz CT molecular complexity index is 3490. The fraction of sp³-hybridized carbons (Fsp3) is 0.183. The predicted molar refractivity (Wildman–Crippen MR) is 318 cm³/mol. The second-order valence-corrected chi connectivity index (χ2v) is 21.4. The van der Waals surface area contributed by atoms with Crippen LogP contribution in [0.25, 0.3) is 65.3 Å². The van der Waals surface area contributed by atoms with Gasteiger partial charge in [-0.3, -0.25) is 0 Å². The van der Waals surface area contributed by atoms with E-state index in [2.05, 4.69) is 264 Å². The predicted octanol–water partition coefficient (Wildman–Crippen LogP) is 20.6. The summed E-state index contributed by atoms with van der Waals surface area (Å²) in [6.07, 6.45) is 0. The Morgan fingerprint density at radius 2 is 0.397 bits per heavy atom. The highest BCUT2D eigenvalue weighted by Gasteiger charge is 2.29. The molecule has 0 fully saturated rings. The van der Waals surface area contributed by atoms with Crippen molar-refractivity contribution in [3.05, 3.63) is 236 Å². The molecule has 11 aromatic carbocycles. The van der Waals surface area contributed by atoms with Gasteiger partial charge in [0.25, 0.3) is 0 Å². The van der Waals surface area contributed by atoms with Crippen molar-refractivity contribution >= 4 is 77.2 Å². The molecule has 0 aliphatic rings. The quantitative estimate of drug-likeness (QED) is 0.140. The highest BCUT2D eigenvalue weighted by Crippen LogP contribution is 2.54. The lowest BCUT2D eigenvalue weighted by Gasteiger charge is -2.34. The number of rotatable bonds is 8. The van der Waals surface area contributed by atoms with Gasteiger partial charge in [-0.05, 0) is 190 Å². The Labute approximate surface area is 433 Å². The Kier molecular flexibility index (Phi) is 11.9. The molecule has 0 aromatic heterocycles. The number of anilines is 6. The summed E-state index contributed by atoms with van der Waals surface area (Å²) in [7, 11) is 0. The van der Waals surface area contributed by atoms with Crippen LogP contribution in [0.3, 0.4) is 0 Å². The van der Waals surface area contributed by atoms with Gasteiger partial charge in [0.1, 0.15) is 0 Å². The molecular weight excluding hydrogens is 881 g/mol. The van der Waals surface area contributed by atoms with Gasteiger partial charge in [0.15, 0.2) is 0 Å². The summed E-state index contributed by atoms with van der Waals surface area (Å²) in [4.78, 5) is 5.21. The summed E-state index contributed by atoms with van der Waals surface area (Å²) in [6.45, 7) is 29.3. The van der Waals surface area contributed by atoms with Crippen LogP contribution in [0.2, 0.25) is 0 Å². The molecular formula is C71H66N2. The normalized spacial score (nSPS) is 11.6. The Hall–Kier alpha value is -7.94. The Morgan fingerprint density at radius 3 is 0.616 bits per heavy atom. The van der Waals surface area contributed by atoms with Gasteiger partial charge in [0.2, 0.25) is 0 Å². The minimum absolute atomic E-state index is 1.21. The van der Waals surface area contributed by atoms with Crippen LogP contribution < -0.4 is 9.80 Å². The van der Waals surface area contributed by atoms with Gasteiger partial charge in [-0.15, -0.1) is 0 Å². The van der Waals surface area contributed by atoms with Crippen LogP contribution in [0.4, 0.5) is 34.1 Å². The van der Waals surface area contributed by atoms with E-state index in [0.29, 0.717) is 0 Å². The maximum absolute atomic E-state index is 2.60. The average molecular weight is 947 g/mol. The molecule has 0 unspecified atom stereocenters. The molecule has 0 bridgehead atoms. The van der Waals surface area contributed by atoms with E-state index in [0.717, 1.165) is 0 Å². The molecule has 73 heavy (non-hydrogen) atoms. The first-order valence-electron chi connectivity index (χ1n) is 26.0. The van der Waals surface area contributed by atoms with Crippen LogP contribution in [0.15, 0.2) is 164 Å². The van der Waals surface area contributed by atoms with Gasteiger partial charge in [0.05, 0.1) is 34.1 Å². The highest BCUT2D eigenvalue weighted by atomic mass is 15.2. The molecule has 0 amide bonds. The molecule has 360 valence electrons. The van der Waals surface area contributed by atoms with Crippen molar-refractivity contribution in [1.82, 2.24) is 0 Å². The van der Waals surface area contributed by atoms with E-state index in [1.165, 1.54) is 172 Å². The van der Waals surface area contributed by atoms with Gasteiger partial charge < -0.3 is 9.80 Å². The lowest BCUT2D eigenvalue weighted by molar-refractivity contribution is 1.17. The summed E-state index contributed by atoms with van der Waals surface area (Å²) in [5.74, 6) is 0. The first kappa shape index (κ1) is 47.4. The maximum atomic E-state index is 2.60. The summed E-state index contributed by atoms with van der Waals surface area (Å²) in [6, 6.07) is 62.6. The molecule has 0 atom stereocenters. The SMILES string of the molecule is Cc1cc(-c2c3ccccc3c(N(c3c(C)cc(C)cc3C)c3c(C)cc(C)cc3C)c3ccccc23)cc(-c2c3ccccc3c(N(c3c(C)cc(C)cc3C)c3c(C)cc(C)cc3C)c3ccccc23)c1. The number of fused-ring (bicyclic) bond motifs is 4. The molecule has 0 saturated carbocycles. The third kappa shape index (κ3) is 7.96. The van der Waals surface area contributed by atoms with Gasteiger partial charge in [-0.25, -0.2) is 0 Å². The van der Waals surface area contributed by atoms with E-state index in [1.54, 1.807) is 0 Å². The van der Waals surface area contributed by atoms with E-state index >= 15 is 0 Å². The Morgan fingerprint density at radius 1 is 0.205 bits per heavy atom. The summed E-state index contributed by atoms with van der Waals surface area (Å²) in [5.41, 5.74) is 28.7. The fourth-order valence-corrected chi connectivity index (χ4v) is 13.2. The third-order valence-electron chi connectivity index (χ3n) is 15.3. The number of benzene rings is 11. The van der Waals surface area contributed by atoms with Crippen molar-refractivity contribution in [3.63, 3.8) is 0 Å². The zero-order valence-corrected chi connectivity index (χ0v) is 45.0. The summed E-state index contributed by atoms with van der Waals surface area (Å²) >= 11 is 0. The fourth-order valence-electron chi connectivity index (χ4n) is 13.2. The minimum atomic E-state index is 1.21. The Balaban J connectivity index is 1.21. The summed E-state index contributed by atoms with van der Waals surface area (Å²) in [5, 5.41) is 9.82.